The van der Waals surface area contributed by atoms with Crippen molar-refractivity contribution >= 4 is 35.4 Å². The van der Waals surface area contributed by atoms with Gasteiger partial charge >= 0.3 is 5.97 Å². The quantitative estimate of drug-likeness (QED) is 0.235. The summed E-state index contributed by atoms with van der Waals surface area (Å²) in [7, 11) is 0. The number of aromatic amines is 1. The van der Waals surface area contributed by atoms with Gasteiger partial charge in [0.05, 0.1) is 0 Å². The number of thioether (sulfide) groups is 1. The number of carboxylic acid groups (broad SMARTS) is 1. The third-order valence-electron chi connectivity index (χ3n) is 4.54. The molecular weight excluding hydrogens is 465 g/mol. The van der Waals surface area contributed by atoms with Gasteiger partial charge in [-0.15, -0.1) is 5.10 Å². The Morgan fingerprint density at radius 1 is 1.09 bits per heavy atom. The second-order valence-corrected chi connectivity index (χ2v) is 8.25. The Balaban J connectivity index is 1.55. The van der Waals surface area contributed by atoms with Crippen LogP contribution in [0.5, 0.6) is 5.75 Å². The summed E-state index contributed by atoms with van der Waals surface area (Å²) in [5.41, 5.74) is 1.71. The molecule has 0 aliphatic rings. The molecule has 2 N–H and O–H groups in total. The van der Waals surface area contributed by atoms with Crippen molar-refractivity contribution < 1.29 is 19.0 Å². The van der Waals surface area contributed by atoms with Crippen molar-refractivity contribution in [3.63, 3.8) is 0 Å². The first kappa shape index (κ1) is 22.6. The molecule has 4 rings (SSSR count). The van der Waals surface area contributed by atoms with Crippen molar-refractivity contribution in [2.45, 2.75) is 11.8 Å². The molecule has 0 bridgehead atoms. The third kappa shape index (κ3) is 5.79. The highest BCUT2D eigenvalue weighted by Crippen LogP contribution is 2.30. The number of carboxylic acids is 1. The van der Waals surface area contributed by atoms with Crippen LogP contribution in [0.2, 0.25) is 5.02 Å². The minimum Gasteiger partial charge on any atom is -0.488 e. The molecule has 0 saturated carbocycles. The molecule has 4 aromatic rings. The summed E-state index contributed by atoms with van der Waals surface area (Å²) in [6, 6.07) is 20.3. The number of hydrogen-bond acceptors (Lipinski definition) is 5. The number of nitrogens with one attached hydrogen (secondary N) is 1. The van der Waals surface area contributed by atoms with Gasteiger partial charge in [-0.05, 0) is 54.2 Å². The number of nitrogens with zero attached hydrogens (tertiary/aromatic N) is 2. The van der Waals surface area contributed by atoms with E-state index in [4.69, 9.17) is 16.3 Å². The lowest BCUT2D eigenvalue weighted by Gasteiger charge is -2.10. The number of benzene rings is 3. The first-order valence-corrected chi connectivity index (χ1v) is 11.0. The average Bonchev–Trinajstić information content (AvgIpc) is 3.28. The fraction of sp³-hybridized carbons (Fsp3) is 0.0417. The molecule has 0 atom stereocenters. The van der Waals surface area contributed by atoms with Crippen LogP contribution in [-0.2, 0) is 11.4 Å². The summed E-state index contributed by atoms with van der Waals surface area (Å²) in [6.07, 6.45) is 1.47. The number of aliphatic carboxylic acids is 1. The molecule has 0 radical (unpaired) electrons. The molecule has 0 amide bonds. The predicted octanol–water partition coefficient (Wildman–Crippen LogP) is 6.06. The summed E-state index contributed by atoms with van der Waals surface area (Å²) in [6.45, 7) is 0.0123. The van der Waals surface area contributed by atoms with Crippen LogP contribution in [0.15, 0.2) is 82.9 Å². The van der Waals surface area contributed by atoms with Gasteiger partial charge in [-0.1, -0.05) is 48.0 Å². The van der Waals surface area contributed by atoms with Crippen LogP contribution in [0.25, 0.3) is 17.5 Å². The maximum absolute atomic E-state index is 13.9. The van der Waals surface area contributed by atoms with E-state index in [0.29, 0.717) is 27.7 Å². The highest BCUT2D eigenvalue weighted by Gasteiger charge is 2.16. The van der Waals surface area contributed by atoms with Crippen molar-refractivity contribution in [3.8, 4) is 17.1 Å². The summed E-state index contributed by atoms with van der Waals surface area (Å²) >= 11 is 6.81. The van der Waals surface area contributed by atoms with E-state index in [1.807, 2.05) is 0 Å². The second kappa shape index (κ2) is 10.3. The normalized spacial score (nSPS) is 11.4. The van der Waals surface area contributed by atoms with E-state index in [1.54, 1.807) is 66.7 Å². The molecule has 0 fully saturated rings. The molecule has 9 heteroatoms. The first-order chi connectivity index (χ1) is 16.0. The lowest BCUT2D eigenvalue weighted by molar-refractivity contribution is -0.131. The minimum absolute atomic E-state index is 0.00130. The molecule has 0 unspecified atom stereocenters. The van der Waals surface area contributed by atoms with Crippen LogP contribution in [0, 0.1) is 5.82 Å². The van der Waals surface area contributed by atoms with Crippen molar-refractivity contribution in [2.75, 3.05) is 0 Å². The molecule has 0 saturated heterocycles. The number of aromatic nitrogens is 3. The van der Waals surface area contributed by atoms with Crippen molar-refractivity contribution in [2.24, 2.45) is 0 Å². The van der Waals surface area contributed by atoms with Gasteiger partial charge in [0.1, 0.15) is 23.1 Å². The zero-order valence-electron chi connectivity index (χ0n) is 17.0. The minimum atomic E-state index is -1.14. The van der Waals surface area contributed by atoms with Gasteiger partial charge in [0.15, 0.2) is 5.82 Å². The lowest BCUT2D eigenvalue weighted by atomic mass is 10.2. The maximum atomic E-state index is 13.9. The van der Waals surface area contributed by atoms with E-state index in [0.717, 1.165) is 17.3 Å². The fourth-order valence-electron chi connectivity index (χ4n) is 2.91. The van der Waals surface area contributed by atoms with E-state index < -0.39 is 5.97 Å². The number of hydrogen-bond donors (Lipinski definition) is 2. The molecule has 33 heavy (non-hydrogen) atoms. The van der Waals surface area contributed by atoms with Crippen molar-refractivity contribution in [1.82, 2.24) is 15.2 Å². The number of H-pyrrole nitrogens is 1. The van der Waals surface area contributed by atoms with Crippen LogP contribution >= 0.6 is 23.4 Å². The van der Waals surface area contributed by atoms with Crippen LogP contribution in [0.4, 0.5) is 4.39 Å². The molecule has 1 heterocycles. The Kier molecular flexibility index (Phi) is 7.07. The molecular formula is C24H17ClFN3O3S. The smallest absolute Gasteiger partial charge is 0.342 e. The third-order valence-corrected chi connectivity index (χ3v) is 5.67. The topological polar surface area (TPSA) is 88.1 Å². The molecule has 166 valence electrons. The largest absolute Gasteiger partial charge is 0.488 e. The summed E-state index contributed by atoms with van der Waals surface area (Å²) in [5, 5.41) is 17.5. The average molecular weight is 482 g/mol. The van der Waals surface area contributed by atoms with Crippen LogP contribution in [0.1, 0.15) is 11.1 Å². The van der Waals surface area contributed by atoms with Crippen LogP contribution < -0.4 is 4.74 Å². The molecule has 0 spiro atoms. The first-order valence-electron chi connectivity index (χ1n) is 9.76. The van der Waals surface area contributed by atoms with E-state index in [-0.39, 0.29) is 22.5 Å². The maximum Gasteiger partial charge on any atom is 0.342 e. The zero-order chi connectivity index (χ0) is 23.2. The summed E-state index contributed by atoms with van der Waals surface area (Å²) in [5.74, 6) is -0.584. The zero-order valence-corrected chi connectivity index (χ0v) is 18.6. The van der Waals surface area contributed by atoms with Gasteiger partial charge in [0, 0.05) is 21.7 Å². The van der Waals surface area contributed by atoms with Gasteiger partial charge in [-0.2, -0.15) is 0 Å². The predicted molar refractivity (Wildman–Crippen MR) is 125 cm³/mol. The monoisotopic (exact) mass is 481 g/mol. The Hall–Kier alpha value is -3.62. The highest BCUT2D eigenvalue weighted by molar-refractivity contribution is 8.04. The number of ether oxygens (including phenoxy) is 1. The van der Waals surface area contributed by atoms with E-state index >= 15 is 0 Å². The van der Waals surface area contributed by atoms with Crippen molar-refractivity contribution in [3.05, 3.63) is 99.7 Å². The molecule has 0 aliphatic heterocycles. The fourth-order valence-corrected chi connectivity index (χ4v) is 3.73. The number of rotatable bonds is 8. The van der Waals surface area contributed by atoms with Crippen LogP contribution in [0.3, 0.4) is 0 Å². The van der Waals surface area contributed by atoms with Gasteiger partial charge in [-0.3, -0.25) is 5.10 Å². The van der Waals surface area contributed by atoms with E-state index in [9.17, 15) is 14.3 Å². The van der Waals surface area contributed by atoms with Crippen LogP contribution in [-0.4, -0.2) is 26.3 Å². The van der Waals surface area contributed by atoms with Gasteiger partial charge in [-0.25, -0.2) is 14.2 Å². The lowest BCUT2D eigenvalue weighted by Crippen LogP contribution is -2.01. The molecule has 1 aromatic heterocycles. The number of carbonyl (C=O) groups is 1. The van der Waals surface area contributed by atoms with Gasteiger partial charge < -0.3 is 9.84 Å². The van der Waals surface area contributed by atoms with E-state index in [1.165, 1.54) is 12.1 Å². The molecule has 0 aliphatic carbocycles. The Bertz CT molecular complexity index is 1310. The van der Waals surface area contributed by atoms with Gasteiger partial charge in [0.2, 0.25) is 5.16 Å². The molecule has 6 nitrogen and oxygen atoms in total. The number of halogens is 2. The standard InChI is InChI=1S/C24H17ClFN3O3S/c25-18-11-9-15(10-12-18)22-27-24(29-28-22)33-21(23(30)31)13-16-5-2-4-8-20(16)32-14-17-6-1-3-7-19(17)26/h1-13H,14H2,(H,30,31)(H,27,28,29)/b21-13-. The Morgan fingerprint density at radius 2 is 1.82 bits per heavy atom. The second-order valence-electron chi connectivity index (χ2n) is 6.81. The summed E-state index contributed by atoms with van der Waals surface area (Å²) in [4.78, 5) is 16.3. The highest BCUT2D eigenvalue weighted by atomic mass is 35.5. The Morgan fingerprint density at radius 3 is 2.58 bits per heavy atom. The SMILES string of the molecule is O=C(O)/C(=C/c1ccccc1OCc1ccccc1F)Sc1n[nH]c(-c2ccc(Cl)cc2)n1. The Labute approximate surface area is 198 Å². The van der Waals surface area contributed by atoms with Crippen molar-refractivity contribution in [1.29, 1.82) is 0 Å². The van der Waals surface area contributed by atoms with Gasteiger partial charge in [0.25, 0.3) is 0 Å². The summed E-state index contributed by atoms with van der Waals surface area (Å²) < 4.78 is 19.7. The number of para-hydroxylation sites is 1. The van der Waals surface area contributed by atoms with E-state index in [2.05, 4.69) is 15.2 Å². The molecule has 3 aromatic carbocycles.